The van der Waals surface area contributed by atoms with Gasteiger partial charge < -0.3 is 15.3 Å². The van der Waals surface area contributed by atoms with E-state index in [4.69, 9.17) is 0 Å². The first kappa shape index (κ1) is 12.2. The van der Waals surface area contributed by atoms with Crippen LogP contribution in [0.5, 0.6) is 5.75 Å². The maximum absolute atomic E-state index is 9.22. The predicted molar refractivity (Wildman–Crippen MR) is 74.0 cm³/mol. The van der Waals surface area contributed by atoms with E-state index in [0.717, 1.165) is 17.1 Å². The number of phenolic OH excluding ortho intramolecular Hbond substituents is 1. The van der Waals surface area contributed by atoms with E-state index in [2.05, 4.69) is 10.3 Å². The van der Waals surface area contributed by atoms with Crippen LogP contribution in [-0.2, 0) is 6.54 Å². The van der Waals surface area contributed by atoms with Crippen LogP contribution >= 0.6 is 0 Å². The van der Waals surface area contributed by atoms with Crippen molar-refractivity contribution in [3.63, 3.8) is 0 Å². The second kappa shape index (κ2) is 5.40. The molecule has 2 rings (SSSR count). The maximum atomic E-state index is 9.22. The third-order valence-electron chi connectivity index (χ3n) is 2.63. The van der Waals surface area contributed by atoms with Gasteiger partial charge in [-0.15, -0.1) is 0 Å². The van der Waals surface area contributed by atoms with Gasteiger partial charge in [-0.05, 0) is 29.8 Å². The fourth-order valence-electron chi connectivity index (χ4n) is 1.70. The quantitative estimate of drug-likeness (QED) is 0.866. The SMILES string of the molecule is CN(C)c1ncccc1NCc1ccc(O)cc1. The normalized spacial score (nSPS) is 10.1. The number of benzene rings is 1. The molecule has 0 aliphatic rings. The molecule has 2 aromatic rings. The van der Waals surface area contributed by atoms with Crippen LogP contribution < -0.4 is 10.2 Å². The Morgan fingerprint density at radius 3 is 2.56 bits per heavy atom. The number of aromatic hydroxyl groups is 1. The van der Waals surface area contributed by atoms with E-state index in [1.807, 2.05) is 43.3 Å². The Morgan fingerprint density at radius 1 is 1.17 bits per heavy atom. The van der Waals surface area contributed by atoms with Crippen molar-refractivity contribution in [2.75, 3.05) is 24.3 Å². The Morgan fingerprint density at radius 2 is 1.89 bits per heavy atom. The van der Waals surface area contributed by atoms with Crippen LogP contribution in [0.4, 0.5) is 11.5 Å². The van der Waals surface area contributed by atoms with Gasteiger partial charge in [0.1, 0.15) is 5.75 Å². The summed E-state index contributed by atoms with van der Waals surface area (Å²) in [5, 5.41) is 12.6. The summed E-state index contributed by atoms with van der Waals surface area (Å²) < 4.78 is 0. The van der Waals surface area contributed by atoms with E-state index in [9.17, 15) is 5.11 Å². The van der Waals surface area contributed by atoms with Gasteiger partial charge in [-0.2, -0.15) is 0 Å². The smallest absolute Gasteiger partial charge is 0.151 e. The van der Waals surface area contributed by atoms with E-state index >= 15 is 0 Å². The zero-order valence-corrected chi connectivity index (χ0v) is 10.6. The molecule has 0 atom stereocenters. The van der Waals surface area contributed by atoms with Crippen LogP contribution in [0.2, 0.25) is 0 Å². The van der Waals surface area contributed by atoms with E-state index < -0.39 is 0 Å². The zero-order valence-electron chi connectivity index (χ0n) is 10.6. The topological polar surface area (TPSA) is 48.4 Å². The number of nitrogens with one attached hydrogen (secondary N) is 1. The molecule has 2 N–H and O–H groups in total. The summed E-state index contributed by atoms with van der Waals surface area (Å²) in [6.07, 6.45) is 1.78. The number of hydrogen-bond donors (Lipinski definition) is 2. The first-order valence-corrected chi connectivity index (χ1v) is 5.81. The number of phenols is 1. The lowest BCUT2D eigenvalue weighted by Gasteiger charge is -2.16. The lowest BCUT2D eigenvalue weighted by Crippen LogP contribution is -2.13. The average molecular weight is 243 g/mol. The van der Waals surface area contributed by atoms with Crippen molar-refractivity contribution in [3.8, 4) is 5.75 Å². The first-order valence-electron chi connectivity index (χ1n) is 5.81. The third kappa shape index (κ3) is 2.91. The van der Waals surface area contributed by atoms with E-state index in [1.165, 1.54) is 0 Å². The number of pyridine rings is 1. The minimum absolute atomic E-state index is 0.286. The highest BCUT2D eigenvalue weighted by Gasteiger charge is 2.04. The van der Waals surface area contributed by atoms with Gasteiger partial charge in [-0.25, -0.2) is 4.98 Å². The molecule has 0 radical (unpaired) electrons. The number of rotatable bonds is 4. The molecule has 1 heterocycles. The molecule has 0 unspecified atom stereocenters. The van der Waals surface area contributed by atoms with Crippen LogP contribution in [-0.4, -0.2) is 24.2 Å². The summed E-state index contributed by atoms with van der Waals surface area (Å²) in [7, 11) is 3.93. The van der Waals surface area contributed by atoms with Crippen molar-refractivity contribution in [2.24, 2.45) is 0 Å². The molecule has 0 fully saturated rings. The van der Waals surface area contributed by atoms with Crippen molar-refractivity contribution in [3.05, 3.63) is 48.2 Å². The number of nitrogens with zero attached hydrogens (tertiary/aromatic N) is 2. The third-order valence-corrected chi connectivity index (χ3v) is 2.63. The van der Waals surface area contributed by atoms with E-state index in [1.54, 1.807) is 18.3 Å². The minimum atomic E-state index is 0.286. The molecule has 18 heavy (non-hydrogen) atoms. The second-order valence-electron chi connectivity index (χ2n) is 4.29. The van der Waals surface area contributed by atoms with Crippen molar-refractivity contribution in [2.45, 2.75) is 6.54 Å². The van der Waals surface area contributed by atoms with Gasteiger partial charge in [0.25, 0.3) is 0 Å². The number of anilines is 2. The molecule has 0 bridgehead atoms. The molecule has 4 heteroatoms. The summed E-state index contributed by atoms with van der Waals surface area (Å²) in [6, 6.07) is 11.1. The Kier molecular flexibility index (Phi) is 3.67. The van der Waals surface area contributed by atoms with Gasteiger partial charge in [0.05, 0.1) is 5.69 Å². The summed E-state index contributed by atoms with van der Waals surface area (Å²) in [6.45, 7) is 0.701. The monoisotopic (exact) mass is 243 g/mol. The van der Waals surface area contributed by atoms with Gasteiger partial charge in [0.15, 0.2) is 5.82 Å². The van der Waals surface area contributed by atoms with Gasteiger partial charge in [0, 0.05) is 26.8 Å². The number of aromatic nitrogens is 1. The summed E-state index contributed by atoms with van der Waals surface area (Å²) >= 11 is 0. The van der Waals surface area contributed by atoms with Crippen molar-refractivity contribution >= 4 is 11.5 Å². The standard InChI is InChI=1S/C14H17N3O/c1-17(2)14-13(4-3-9-15-14)16-10-11-5-7-12(18)8-6-11/h3-9,16,18H,10H2,1-2H3. The van der Waals surface area contributed by atoms with Crippen LogP contribution in [0.25, 0.3) is 0 Å². The minimum Gasteiger partial charge on any atom is -0.508 e. The second-order valence-corrected chi connectivity index (χ2v) is 4.29. The van der Waals surface area contributed by atoms with Crippen molar-refractivity contribution < 1.29 is 5.11 Å². The average Bonchev–Trinajstić information content (AvgIpc) is 2.38. The molecule has 0 aliphatic heterocycles. The Balaban J connectivity index is 2.08. The van der Waals surface area contributed by atoms with Crippen LogP contribution in [0.1, 0.15) is 5.56 Å². The van der Waals surface area contributed by atoms with Crippen LogP contribution in [0.15, 0.2) is 42.6 Å². The molecule has 1 aromatic heterocycles. The van der Waals surface area contributed by atoms with Crippen molar-refractivity contribution in [1.29, 1.82) is 0 Å². The molecule has 0 spiro atoms. The fraction of sp³-hybridized carbons (Fsp3) is 0.214. The van der Waals surface area contributed by atoms with Crippen molar-refractivity contribution in [1.82, 2.24) is 4.98 Å². The zero-order chi connectivity index (χ0) is 13.0. The molecule has 0 amide bonds. The fourth-order valence-corrected chi connectivity index (χ4v) is 1.70. The maximum Gasteiger partial charge on any atom is 0.151 e. The predicted octanol–water partition coefficient (Wildman–Crippen LogP) is 2.47. The summed E-state index contributed by atoms with van der Waals surface area (Å²) in [5.74, 6) is 1.20. The molecule has 4 nitrogen and oxygen atoms in total. The molecular formula is C14H17N3O. The Bertz CT molecular complexity index is 509. The van der Waals surface area contributed by atoms with Gasteiger partial charge >= 0.3 is 0 Å². The lowest BCUT2D eigenvalue weighted by atomic mass is 10.2. The molecule has 94 valence electrons. The molecule has 0 aliphatic carbocycles. The lowest BCUT2D eigenvalue weighted by molar-refractivity contribution is 0.475. The van der Waals surface area contributed by atoms with Crippen LogP contribution in [0, 0.1) is 0 Å². The Hall–Kier alpha value is -2.23. The highest BCUT2D eigenvalue weighted by atomic mass is 16.3. The molecule has 0 saturated carbocycles. The molecule has 1 aromatic carbocycles. The van der Waals surface area contributed by atoms with E-state index in [0.29, 0.717) is 6.54 Å². The van der Waals surface area contributed by atoms with Gasteiger partial charge in [0.2, 0.25) is 0 Å². The Labute approximate surface area is 107 Å². The summed E-state index contributed by atoms with van der Waals surface area (Å²) in [5.41, 5.74) is 2.11. The van der Waals surface area contributed by atoms with Gasteiger partial charge in [-0.3, -0.25) is 0 Å². The van der Waals surface area contributed by atoms with E-state index in [-0.39, 0.29) is 5.75 Å². The highest BCUT2D eigenvalue weighted by Crippen LogP contribution is 2.21. The molecular weight excluding hydrogens is 226 g/mol. The largest absolute Gasteiger partial charge is 0.508 e. The highest BCUT2D eigenvalue weighted by molar-refractivity contribution is 5.64. The first-order chi connectivity index (χ1) is 8.66. The van der Waals surface area contributed by atoms with Crippen LogP contribution in [0.3, 0.4) is 0 Å². The number of hydrogen-bond acceptors (Lipinski definition) is 4. The van der Waals surface area contributed by atoms with Gasteiger partial charge in [-0.1, -0.05) is 12.1 Å². The summed E-state index contributed by atoms with van der Waals surface area (Å²) in [4.78, 5) is 6.30. The molecule has 0 saturated heterocycles.